The van der Waals surface area contributed by atoms with Gasteiger partial charge in [-0.15, -0.1) is 0 Å². The molecule has 24 heavy (non-hydrogen) atoms. The molecule has 0 aliphatic rings. The molecule has 5 heteroatoms. The van der Waals surface area contributed by atoms with E-state index in [1.165, 1.54) is 0 Å². The van der Waals surface area contributed by atoms with Crippen LogP contribution in [0.25, 0.3) is 22.0 Å². The number of hydrogen-bond acceptors (Lipinski definition) is 4. The van der Waals surface area contributed by atoms with Crippen molar-refractivity contribution in [1.29, 1.82) is 0 Å². The molecule has 5 nitrogen and oxygen atoms in total. The summed E-state index contributed by atoms with van der Waals surface area (Å²) < 4.78 is 24.2. The van der Waals surface area contributed by atoms with Crippen molar-refractivity contribution in [3.63, 3.8) is 0 Å². The molecule has 0 aliphatic carbocycles. The Kier molecular flexibility index (Phi) is 4.25. The molecule has 0 spiro atoms. The molecule has 0 amide bonds. The van der Waals surface area contributed by atoms with Crippen LogP contribution < -0.4 is 18.9 Å². The van der Waals surface area contributed by atoms with E-state index in [9.17, 15) is 0 Å². The van der Waals surface area contributed by atoms with Crippen molar-refractivity contribution in [2.75, 3.05) is 28.4 Å². The summed E-state index contributed by atoms with van der Waals surface area (Å²) in [6, 6.07) is 11.8. The summed E-state index contributed by atoms with van der Waals surface area (Å²) in [6.07, 6.45) is 0. The lowest BCUT2D eigenvalue weighted by molar-refractivity contribution is 0.375. The van der Waals surface area contributed by atoms with Crippen LogP contribution in [0.3, 0.4) is 0 Å². The van der Waals surface area contributed by atoms with Gasteiger partial charge in [-0.1, -0.05) is 18.2 Å². The van der Waals surface area contributed by atoms with Crippen LogP contribution in [-0.4, -0.2) is 33.0 Å². The third-order valence-corrected chi connectivity index (χ3v) is 4.20. The van der Waals surface area contributed by atoms with E-state index in [2.05, 4.69) is 6.07 Å². The highest BCUT2D eigenvalue weighted by molar-refractivity contribution is 6.02. The Morgan fingerprint density at radius 3 is 1.83 bits per heavy atom. The Morgan fingerprint density at radius 1 is 0.750 bits per heavy atom. The van der Waals surface area contributed by atoms with Crippen molar-refractivity contribution in [2.45, 2.75) is 0 Å². The maximum Gasteiger partial charge on any atom is 0.201 e. The predicted molar refractivity (Wildman–Crippen MR) is 94.6 cm³/mol. The molecule has 0 atom stereocenters. The topological polar surface area (TPSA) is 41.9 Å². The highest BCUT2D eigenvalue weighted by Gasteiger charge is 2.23. The number of fused-ring (bicyclic) bond motifs is 1. The SMILES string of the molecule is COc1cc(OC)c(-c2c3ccccc3c(OC)n2C)c(OC)c1. The molecule has 0 aliphatic heterocycles. The molecule has 1 aromatic heterocycles. The fourth-order valence-electron chi connectivity index (χ4n) is 3.13. The van der Waals surface area contributed by atoms with Crippen molar-refractivity contribution >= 4 is 10.8 Å². The van der Waals surface area contributed by atoms with Crippen molar-refractivity contribution in [3.8, 4) is 34.4 Å². The summed E-state index contributed by atoms with van der Waals surface area (Å²) in [4.78, 5) is 0. The maximum absolute atomic E-state index is 5.62. The minimum atomic E-state index is 0.679. The zero-order chi connectivity index (χ0) is 17.3. The Hall–Kier alpha value is -2.82. The van der Waals surface area contributed by atoms with E-state index in [0.29, 0.717) is 17.2 Å². The first-order chi connectivity index (χ1) is 11.7. The van der Waals surface area contributed by atoms with Gasteiger partial charge >= 0.3 is 0 Å². The van der Waals surface area contributed by atoms with Crippen molar-refractivity contribution < 1.29 is 18.9 Å². The first-order valence-corrected chi connectivity index (χ1v) is 7.58. The van der Waals surface area contributed by atoms with Gasteiger partial charge in [-0.3, -0.25) is 0 Å². The molecule has 3 rings (SSSR count). The number of aromatic nitrogens is 1. The number of rotatable bonds is 5. The van der Waals surface area contributed by atoms with Gasteiger partial charge in [0.1, 0.15) is 17.2 Å². The zero-order valence-electron chi connectivity index (χ0n) is 14.5. The molecule has 3 aromatic rings. The van der Waals surface area contributed by atoms with Gasteiger partial charge in [0.25, 0.3) is 0 Å². The lowest BCUT2D eigenvalue weighted by Crippen LogP contribution is -2.00. The Labute approximate surface area is 141 Å². The van der Waals surface area contributed by atoms with Crippen LogP contribution in [0.1, 0.15) is 0 Å². The fourth-order valence-corrected chi connectivity index (χ4v) is 3.13. The van der Waals surface area contributed by atoms with Gasteiger partial charge in [-0.2, -0.15) is 0 Å². The van der Waals surface area contributed by atoms with E-state index in [1.54, 1.807) is 28.4 Å². The Bertz CT molecular complexity index is 857. The summed E-state index contributed by atoms with van der Waals surface area (Å²) >= 11 is 0. The molecule has 2 aromatic carbocycles. The third kappa shape index (κ3) is 2.33. The van der Waals surface area contributed by atoms with E-state index in [0.717, 1.165) is 27.9 Å². The summed E-state index contributed by atoms with van der Waals surface area (Å²) in [5.74, 6) is 2.83. The van der Waals surface area contributed by atoms with Crippen LogP contribution >= 0.6 is 0 Å². The normalized spacial score (nSPS) is 10.7. The molecule has 0 fully saturated rings. The van der Waals surface area contributed by atoms with Gasteiger partial charge in [0.15, 0.2) is 0 Å². The first kappa shape index (κ1) is 16.1. The number of methoxy groups -OCH3 is 4. The second kappa shape index (κ2) is 6.35. The molecule has 0 radical (unpaired) electrons. The minimum Gasteiger partial charge on any atom is -0.496 e. The van der Waals surface area contributed by atoms with E-state index < -0.39 is 0 Å². The molecule has 0 saturated carbocycles. The smallest absolute Gasteiger partial charge is 0.201 e. The molecule has 0 bridgehead atoms. The Morgan fingerprint density at radius 2 is 1.33 bits per heavy atom. The minimum absolute atomic E-state index is 0.679. The van der Waals surface area contributed by atoms with Crippen LogP contribution in [0, 0.1) is 0 Å². The first-order valence-electron chi connectivity index (χ1n) is 7.58. The van der Waals surface area contributed by atoms with Crippen LogP contribution in [0.15, 0.2) is 36.4 Å². The number of hydrogen-bond donors (Lipinski definition) is 0. The average molecular weight is 327 g/mol. The van der Waals surface area contributed by atoms with Gasteiger partial charge in [-0.25, -0.2) is 0 Å². The van der Waals surface area contributed by atoms with Crippen molar-refractivity contribution in [1.82, 2.24) is 4.57 Å². The van der Waals surface area contributed by atoms with Crippen LogP contribution in [0.5, 0.6) is 23.1 Å². The summed E-state index contributed by atoms with van der Waals surface area (Å²) in [5.41, 5.74) is 1.83. The average Bonchev–Trinajstić information content (AvgIpc) is 2.91. The summed E-state index contributed by atoms with van der Waals surface area (Å²) in [5, 5.41) is 2.11. The molecule has 0 saturated heterocycles. The number of benzene rings is 2. The number of nitrogens with zero attached hydrogens (tertiary/aromatic N) is 1. The third-order valence-electron chi connectivity index (χ3n) is 4.20. The molecule has 0 N–H and O–H groups in total. The lowest BCUT2D eigenvalue weighted by Gasteiger charge is -2.16. The zero-order valence-corrected chi connectivity index (χ0v) is 14.5. The van der Waals surface area contributed by atoms with E-state index in [-0.39, 0.29) is 0 Å². The monoisotopic (exact) mass is 327 g/mol. The van der Waals surface area contributed by atoms with E-state index in [4.69, 9.17) is 18.9 Å². The van der Waals surface area contributed by atoms with Gasteiger partial charge in [-0.05, 0) is 6.07 Å². The Balaban J connectivity index is 2.42. The highest BCUT2D eigenvalue weighted by atomic mass is 16.5. The molecule has 126 valence electrons. The fraction of sp³-hybridized carbons (Fsp3) is 0.263. The highest BCUT2D eigenvalue weighted by Crippen LogP contribution is 2.47. The van der Waals surface area contributed by atoms with Gasteiger partial charge in [0.2, 0.25) is 5.88 Å². The van der Waals surface area contributed by atoms with Gasteiger partial charge in [0, 0.05) is 30.0 Å². The van der Waals surface area contributed by atoms with Crippen LogP contribution in [0.4, 0.5) is 0 Å². The summed E-state index contributed by atoms with van der Waals surface area (Å²) in [6.45, 7) is 0. The van der Waals surface area contributed by atoms with Crippen molar-refractivity contribution in [2.24, 2.45) is 7.05 Å². The van der Waals surface area contributed by atoms with E-state index in [1.807, 2.05) is 41.9 Å². The maximum atomic E-state index is 5.62. The second-order valence-corrected chi connectivity index (χ2v) is 5.37. The quantitative estimate of drug-likeness (QED) is 0.713. The van der Waals surface area contributed by atoms with Crippen molar-refractivity contribution in [3.05, 3.63) is 36.4 Å². The van der Waals surface area contributed by atoms with Crippen LogP contribution in [-0.2, 0) is 7.05 Å². The predicted octanol–water partition coefficient (Wildman–Crippen LogP) is 3.88. The van der Waals surface area contributed by atoms with E-state index >= 15 is 0 Å². The van der Waals surface area contributed by atoms with Crippen LogP contribution in [0.2, 0.25) is 0 Å². The largest absolute Gasteiger partial charge is 0.496 e. The molecular weight excluding hydrogens is 306 g/mol. The standard InChI is InChI=1S/C19H21NO4/c1-20-18(13-8-6-7-9-14(13)19(20)24-5)17-15(22-3)10-12(21-2)11-16(17)23-4/h6-11H,1-5H3. The number of ether oxygens (including phenoxy) is 4. The lowest BCUT2D eigenvalue weighted by atomic mass is 10.0. The molecular formula is C19H21NO4. The molecule has 1 heterocycles. The summed E-state index contributed by atoms with van der Waals surface area (Å²) in [7, 11) is 8.54. The second-order valence-electron chi connectivity index (χ2n) is 5.37. The van der Waals surface area contributed by atoms with Gasteiger partial charge in [0.05, 0.1) is 39.7 Å². The van der Waals surface area contributed by atoms with Gasteiger partial charge < -0.3 is 23.5 Å². The molecule has 0 unspecified atom stereocenters.